The molecule has 0 atom stereocenters. The number of sulfonamides is 1. The van der Waals surface area contributed by atoms with Crippen molar-refractivity contribution in [3.8, 4) is 11.5 Å². The molecular weight excluding hydrogens is 438 g/mol. The van der Waals surface area contributed by atoms with Crippen molar-refractivity contribution in [1.29, 1.82) is 0 Å². The maximum Gasteiger partial charge on any atom is 0.270 e. The first-order valence-electron chi connectivity index (χ1n) is 9.73. The first-order valence-corrected chi connectivity index (χ1v) is 11.2. The number of nitro groups is 1. The molecule has 0 spiro atoms. The van der Waals surface area contributed by atoms with Crippen molar-refractivity contribution in [3.63, 3.8) is 0 Å². The second-order valence-electron chi connectivity index (χ2n) is 6.92. The smallest absolute Gasteiger partial charge is 0.270 e. The molecule has 3 rings (SSSR count). The zero-order valence-electron chi connectivity index (χ0n) is 17.5. The van der Waals surface area contributed by atoms with E-state index in [1.807, 2.05) is 0 Å². The van der Waals surface area contributed by atoms with Gasteiger partial charge < -0.3 is 14.4 Å². The summed E-state index contributed by atoms with van der Waals surface area (Å²) in [5.74, 6) is 0.632. The fourth-order valence-corrected chi connectivity index (χ4v) is 4.75. The summed E-state index contributed by atoms with van der Waals surface area (Å²) in [6, 6.07) is 9.76. The SMILES string of the molecule is C=CCOc1ccc(C(=O)N2CCN(S(=O)(=O)c3cccc([N+](=O)[O-])c3)CC2)cc1OC. The van der Waals surface area contributed by atoms with Gasteiger partial charge in [0.15, 0.2) is 11.5 Å². The Morgan fingerprint density at radius 1 is 1.16 bits per heavy atom. The van der Waals surface area contributed by atoms with Crippen LogP contribution in [0.15, 0.2) is 60.0 Å². The molecule has 0 aromatic heterocycles. The van der Waals surface area contributed by atoms with E-state index in [0.717, 1.165) is 6.07 Å². The number of non-ortho nitro benzene ring substituents is 1. The van der Waals surface area contributed by atoms with Gasteiger partial charge in [0, 0.05) is 43.9 Å². The monoisotopic (exact) mass is 461 g/mol. The molecule has 1 heterocycles. The van der Waals surface area contributed by atoms with Crippen LogP contribution >= 0.6 is 0 Å². The number of hydrogen-bond acceptors (Lipinski definition) is 7. The average Bonchev–Trinajstić information content (AvgIpc) is 2.82. The lowest BCUT2D eigenvalue weighted by Gasteiger charge is -2.34. The number of methoxy groups -OCH3 is 1. The average molecular weight is 461 g/mol. The summed E-state index contributed by atoms with van der Waals surface area (Å²) in [6.45, 7) is 4.41. The summed E-state index contributed by atoms with van der Waals surface area (Å²) in [4.78, 5) is 24.6. The largest absolute Gasteiger partial charge is 0.493 e. The first kappa shape index (κ1) is 23.2. The predicted molar refractivity (Wildman–Crippen MR) is 116 cm³/mol. The molecule has 1 aliphatic heterocycles. The molecular formula is C21H23N3O7S. The molecule has 1 amide bonds. The van der Waals surface area contributed by atoms with Gasteiger partial charge in [-0.05, 0) is 24.3 Å². The van der Waals surface area contributed by atoms with Crippen LogP contribution in [0.2, 0.25) is 0 Å². The van der Waals surface area contributed by atoms with Crippen molar-refractivity contribution in [2.24, 2.45) is 0 Å². The van der Waals surface area contributed by atoms with Crippen molar-refractivity contribution in [1.82, 2.24) is 9.21 Å². The van der Waals surface area contributed by atoms with Gasteiger partial charge in [-0.25, -0.2) is 8.42 Å². The number of amides is 1. The molecule has 0 aliphatic carbocycles. The Bertz CT molecular complexity index is 1130. The van der Waals surface area contributed by atoms with Gasteiger partial charge >= 0.3 is 0 Å². The number of hydrogen-bond donors (Lipinski definition) is 0. The number of ether oxygens (including phenoxy) is 2. The lowest BCUT2D eigenvalue weighted by Crippen LogP contribution is -2.50. The first-order chi connectivity index (χ1) is 15.3. The highest BCUT2D eigenvalue weighted by atomic mass is 32.2. The van der Waals surface area contributed by atoms with Crippen LogP contribution in [-0.4, -0.2) is 68.3 Å². The van der Waals surface area contributed by atoms with Gasteiger partial charge in [-0.3, -0.25) is 14.9 Å². The second-order valence-corrected chi connectivity index (χ2v) is 8.85. The third-order valence-corrected chi connectivity index (χ3v) is 6.85. The zero-order valence-corrected chi connectivity index (χ0v) is 18.3. The standard InChI is InChI=1S/C21H23N3O7S/c1-3-13-31-19-8-7-16(14-20(19)30-2)21(25)22-9-11-23(12-10-22)32(28,29)18-6-4-5-17(15-18)24(26)27/h3-8,14-15H,1,9-13H2,2H3. The fraction of sp³-hybridized carbons (Fsp3) is 0.286. The Balaban J connectivity index is 1.70. The van der Waals surface area contributed by atoms with Crippen LogP contribution in [0.3, 0.4) is 0 Å². The van der Waals surface area contributed by atoms with Crippen LogP contribution < -0.4 is 9.47 Å². The van der Waals surface area contributed by atoms with E-state index in [1.54, 1.807) is 29.2 Å². The van der Waals surface area contributed by atoms with Crippen LogP contribution in [0.25, 0.3) is 0 Å². The Labute approximate surface area is 185 Å². The molecule has 0 unspecified atom stereocenters. The van der Waals surface area contributed by atoms with Gasteiger partial charge in [-0.1, -0.05) is 18.7 Å². The summed E-state index contributed by atoms with van der Waals surface area (Å²) in [7, 11) is -2.44. The molecule has 10 nitrogen and oxygen atoms in total. The number of benzene rings is 2. The van der Waals surface area contributed by atoms with E-state index in [2.05, 4.69) is 6.58 Å². The maximum atomic E-state index is 12.9. The van der Waals surface area contributed by atoms with Crippen LogP contribution in [0.4, 0.5) is 5.69 Å². The van der Waals surface area contributed by atoms with Gasteiger partial charge in [0.25, 0.3) is 11.6 Å². The zero-order chi connectivity index (χ0) is 23.3. The van der Waals surface area contributed by atoms with E-state index in [-0.39, 0.29) is 42.7 Å². The fourth-order valence-electron chi connectivity index (χ4n) is 3.29. The Hall–Kier alpha value is -3.44. The van der Waals surface area contributed by atoms with Crippen LogP contribution in [0.5, 0.6) is 11.5 Å². The molecule has 1 fully saturated rings. The molecule has 0 bridgehead atoms. The van der Waals surface area contributed by atoms with E-state index in [1.165, 1.54) is 29.6 Å². The highest BCUT2D eigenvalue weighted by molar-refractivity contribution is 7.89. The Kier molecular flexibility index (Phi) is 7.11. The van der Waals surface area contributed by atoms with Crippen molar-refractivity contribution in [2.45, 2.75) is 4.90 Å². The topological polar surface area (TPSA) is 119 Å². The molecule has 0 saturated carbocycles. The quantitative estimate of drug-likeness (QED) is 0.336. The molecule has 0 N–H and O–H groups in total. The minimum Gasteiger partial charge on any atom is -0.493 e. The highest BCUT2D eigenvalue weighted by Gasteiger charge is 2.31. The van der Waals surface area contributed by atoms with E-state index in [4.69, 9.17) is 9.47 Å². The number of carbonyl (C=O) groups is 1. The van der Waals surface area contributed by atoms with Crippen molar-refractivity contribution < 1.29 is 27.6 Å². The number of nitro benzene ring substituents is 1. The molecule has 170 valence electrons. The maximum absolute atomic E-state index is 12.9. The summed E-state index contributed by atoms with van der Waals surface area (Å²) in [5, 5.41) is 11.0. The summed E-state index contributed by atoms with van der Waals surface area (Å²) >= 11 is 0. The molecule has 32 heavy (non-hydrogen) atoms. The van der Waals surface area contributed by atoms with Crippen molar-refractivity contribution >= 4 is 21.6 Å². The van der Waals surface area contributed by atoms with E-state index >= 15 is 0 Å². The van der Waals surface area contributed by atoms with Gasteiger partial charge in [0.05, 0.1) is 16.9 Å². The molecule has 2 aromatic carbocycles. The van der Waals surface area contributed by atoms with Crippen LogP contribution in [-0.2, 0) is 10.0 Å². The lowest BCUT2D eigenvalue weighted by atomic mass is 10.1. The van der Waals surface area contributed by atoms with E-state index < -0.39 is 14.9 Å². The number of rotatable bonds is 8. The van der Waals surface area contributed by atoms with Gasteiger partial charge in [0.1, 0.15) is 6.61 Å². The second kappa shape index (κ2) is 9.79. The van der Waals surface area contributed by atoms with Crippen molar-refractivity contribution in [3.05, 3.63) is 70.8 Å². The molecule has 0 radical (unpaired) electrons. The molecule has 1 aliphatic rings. The molecule has 1 saturated heterocycles. The number of piperazine rings is 1. The van der Waals surface area contributed by atoms with Crippen LogP contribution in [0.1, 0.15) is 10.4 Å². The summed E-state index contributed by atoms with van der Waals surface area (Å²) < 4.78 is 37.8. The summed E-state index contributed by atoms with van der Waals surface area (Å²) in [5.41, 5.74) is 0.0946. The molecule has 11 heteroatoms. The Morgan fingerprint density at radius 3 is 2.50 bits per heavy atom. The molecule has 2 aromatic rings. The third kappa shape index (κ3) is 4.89. The van der Waals surface area contributed by atoms with E-state index in [0.29, 0.717) is 23.7 Å². The third-order valence-electron chi connectivity index (χ3n) is 4.96. The Morgan fingerprint density at radius 2 is 1.88 bits per heavy atom. The van der Waals surface area contributed by atoms with Gasteiger partial charge in [-0.2, -0.15) is 4.31 Å². The van der Waals surface area contributed by atoms with Crippen molar-refractivity contribution in [2.75, 3.05) is 39.9 Å². The minimum absolute atomic E-state index is 0.0778. The van der Waals surface area contributed by atoms with Crippen LogP contribution in [0, 0.1) is 10.1 Å². The number of nitrogens with zero attached hydrogens (tertiary/aromatic N) is 3. The highest BCUT2D eigenvalue weighted by Crippen LogP contribution is 2.29. The van der Waals surface area contributed by atoms with E-state index in [9.17, 15) is 23.3 Å². The number of carbonyl (C=O) groups excluding carboxylic acids is 1. The predicted octanol–water partition coefficient (Wildman–Crippen LogP) is 2.31. The normalized spacial score (nSPS) is 14.6. The van der Waals surface area contributed by atoms with Gasteiger partial charge in [-0.15, -0.1) is 0 Å². The minimum atomic E-state index is -3.91. The van der Waals surface area contributed by atoms with Gasteiger partial charge in [0.2, 0.25) is 10.0 Å². The lowest BCUT2D eigenvalue weighted by molar-refractivity contribution is -0.385. The summed E-state index contributed by atoms with van der Waals surface area (Å²) in [6.07, 6.45) is 1.60.